The highest BCUT2D eigenvalue weighted by Gasteiger charge is 2.44. The normalized spacial score (nSPS) is 13.1. The van der Waals surface area contributed by atoms with Crippen LogP contribution in [-0.4, -0.2) is 75.0 Å². The molecule has 0 fully saturated rings. The Bertz CT molecular complexity index is 420. The first-order valence-corrected chi connectivity index (χ1v) is 6.33. The second-order valence-corrected chi connectivity index (χ2v) is 4.71. The maximum Gasteiger partial charge on any atom is 0.522 e. The molecule has 0 aromatic rings. The lowest BCUT2D eigenvalue weighted by Gasteiger charge is -2.10. The number of ether oxygens (including phenoxy) is 1. The zero-order valence-electron chi connectivity index (χ0n) is 11.0. The highest BCUT2D eigenvalue weighted by atomic mass is 32.2. The maximum absolute atomic E-state index is 10.7. The number of alkyl halides is 3. The molecule has 0 amide bonds. The molecule has 12 heteroatoms. The minimum Gasteiger partial charge on any atom is -0.411 e. The van der Waals surface area contributed by atoms with Gasteiger partial charge in [0.05, 0.1) is 13.2 Å². The van der Waals surface area contributed by atoms with Crippen molar-refractivity contribution in [2.45, 2.75) is 5.51 Å². The van der Waals surface area contributed by atoms with Crippen molar-refractivity contribution in [3.05, 3.63) is 0 Å². The van der Waals surface area contributed by atoms with Crippen LogP contribution in [0.3, 0.4) is 0 Å². The number of nitrogens with zero attached hydrogens (tertiary/aromatic N) is 3. The molecule has 0 atom stereocenters. The molecule has 0 heterocycles. The fourth-order valence-corrected chi connectivity index (χ4v) is 0.601. The molecule has 0 saturated carbocycles. The number of halogens is 3. The second kappa shape index (κ2) is 9.50. The van der Waals surface area contributed by atoms with Crippen molar-refractivity contribution >= 4 is 22.2 Å². The lowest BCUT2D eigenvalue weighted by atomic mass is 10.5. The molecule has 0 rings (SSSR count). The maximum atomic E-state index is 10.7. The van der Waals surface area contributed by atoms with Crippen molar-refractivity contribution in [2.75, 3.05) is 34.4 Å². The van der Waals surface area contributed by atoms with Gasteiger partial charge in [-0.15, -0.1) is 0 Å². The molecule has 0 aliphatic heterocycles. The van der Waals surface area contributed by atoms with Crippen LogP contribution in [-0.2, 0) is 14.9 Å². The monoisotopic (exact) mass is 323 g/mol. The van der Waals surface area contributed by atoms with Gasteiger partial charge in [-0.1, -0.05) is 5.16 Å². The van der Waals surface area contributed by atoms with E-state index in [1.54, 1.807) is 12.0 Å². The van der Waals surface area contributed by atoms with E-state index < -0.39 is 15.6 Å². The highest BCUT2D eigenvalue weighted by molar-refractivity contribution is 7.86. The molecule has 0 radical (unpaired) electrons. The Hall–Kier alpha value is -1.40. The molecule has 0 aromatic carbocycles. The van der Waals surface area contributed by atoms with E-state index in [9.17, 15) is 13.2 Å². The van der Waals surface area contributed by atoms with Gasteiger partial charge >= 0.3 is 15.6 Å². The van der Waals surface area contributed by atoms with E-state index in [4.69, 9.17) is 22.9 Å². The third-order valence-electron chi connectivity index (χ3n) is 1.49. The minimum absolute atomic E-state index is 0.566. The van der Waals surface area contributed by atoms with E-state index in [1.165, 1.54) is 6.21 Å². The molecule has 2 N–H and O–H groups in total. The zero-order valence-corrected chi connectivity index (χ0v) is 11.8. The molecule has 8 nitrogen and oxygen atoms in total. The number of rotatable bonds is 4. The van der Waals surface area contributed by atoms with Gasteiger partial charge in [0, 0.05) is 21.2 Å². The summed E-state index contributed by atoms with van der Waals surface area (Å²) in [6, 6.07) is 0. The lowest BCUT2D eigenvalue weighted by Crippen LogP contribution is -2.24. The molecular formula is C8H16F3N3O5S. The van der Waals surface area contributed by atoms with Gasteiger partial charge in [0.25, 0.3) is 0 Å². The Kier molecular flexibility index (Phi) is 9.93. The predicted octanol–water partition coefficient (Wildman–Crippen LogP) is 0.447. The number of amidine groups is 1. The molecule has 0 spiro atoms. The summed E-state index contributed by atoms with van der Waals surface area (Å²) in [6.45, 7) is 1.13. The Morgan fingerprint density at radius 1 is 1.40 bits per heavy atom. The van der Waals surface area contributed by atoms with Crippen LogP contribution in [0, 0.1) is 0 Å². The summed E-state index contributed by atoms with van der Waals surface area (Å²) in [5, 5.41) is 11.2. The van der Waals surface area contributed by atoms with E-state index in [0.717, 1.165) is 0 Å². The van der Waals surface area contributed by atoms with Crippen molar-refractivity contribution in [1.82, 2.24) is 4.90 Å². The third kappa shape index (κ3) is 10.5. The van der Waals surface area contributed by atoms with Crippen LogP contribution in [0.1, 0.15) is 0 Å². The van der Waals surface area contributed by atoms with Gasteiger partial charge in [-0.3, -0.25) is 9.55 Å². The Morgan fingerprint density at radius 2 is 1.85 bits per heavy atom. The van der Waals surface area contributed by atoms with Gasteiger partial charge in [-0.25, -0.2) is 0 Å². The van der Waals surface area contributed by atoms with Crippen LogP contribution in [0.5, 0.6) is 0 Å². The van der Waals surface area contributed by atoms with Crippen molar-refractivity contribution in [2.24, 2.45) is 10.1 Å². The molecule has 0 aromatic heterocycles. The minimum atomic E-state index is -5.84. The zero-order chi connectivity index (χ0) is 16.4. The molecule has 0 aliphatic rings. The van der Waals surface area contributed by atoms with E-state index in [0.29, 0.717) is 19.0 Å². The smallest absolute Gasteiger partial charge is 0.411 e. The van der Waals surface area contributed by atoms with Crippen molar-refractivity contribution < 1.29 is 36.1 Å². The number of aliphatic imine (C=N–C) groups is 1. The first kappa shape index (κ1) is 20.9. The van der Waals surface area contributed by atoms with Gasteiger partial charge in [-0.2, -0.15) is 21.6 Å². The standard InChI is InChI=1S/C7H15N3O2.CHF3O3S/c1-10(2)7(6-9-11)8-4-5-12-3;2-1(3,4)8(5,6)7/h6,11H,4-5H2,1-3H3;(H,5,6,7)/b8-7?,9-6+;. The van der Waals surface area contributed by atoms with Gasteiger partial charge in [0.1, 0.15) is 12.1 Å². The van der Waals surface area contributed by atoms with E-state index in [1.807, 2.05) is 14.1 Å². The second-order valence-electron chi connectivity index (χ2n) is 3.29. The average molecular weight is 323 g/mol. The van der Waals surface area contributed by atoms with Gasteiger partial charge in [-0.05, 0) is 0 Å². The molecular weight excluding hydrogens is 307 g/mol. The highest BCUT2D eigenvalue weighted by Crippen LogP contribution is 2.20. The van der Waals surface area contributed by atoms with Crippen LogP contribution >= 0.6 is 0 Å². The van der Waals surface area contributed by atoms with Crippen LogP contribution in [0.15, 0.2) is 10.1 Å². The van der Waals surface area contributed by atoms with Crippen molar-refractivity contribution in [3.63, 3.8) is 0 Å². The number of oxime groups is 1. The first-order valence-electron chi connectivity index (χ1n) is 4.89. The van der Waals surface area contributed by atoms with Crippen molar-refractivity contribution in [3.8, 4) is 0 Å². The van der Waals surface area contributed by atoms with E-state index in [2.05, 4.69) is 10.1 Å². The Morgan fingerprint density at radius 3 is 2.10 bits per heavy atom. The number of hydrogen-bond acceptors (Lipinski definition) is 6. The summed E-state index contributed by atoms with van der Waals surface area (Å²) < 4.78 is 62.4. The third-order valence-corrected chi connectivity index (χ3v) is 2.08. The molecule has 20 heavy (non-hydrogen) atoms. The summed E-state index contributed by atoms with van der Waals surface area (Å²) in [7, 11) is -0.571. The Balaban J connectivity index is 0. The lowest BCUT2D eigenvalue weighted by molar-refractivity contribution is -0.0510. The summed E-state index contributed by atoms with van der Waals surface area (Å²) >= 11 is 0. The van der Waals surface area contributed by atoms with Crippen LogP contribution in [0.4, 0.5) is 13.2 Å². The van der Waals surface area contributed by atoms with Crippen LogP contribution in [0.25, 0.3) is 0 Å². The first-order chi connectivity index (χ1) is 8.97. The quantitative estimate of drug-likeness (QED) is 0.148. The number of methoxy groups -OCH3 is 1. The molecule has 0 aliphatic carbocycles. The molecule has 0 saturated heterocycles. The SMILES string of the molecule is COCCN=C(/C=N/O)N(C)C.O=S(=O)(O)C(F)(F)F. The average Bonchev–Trinajstić information content (AvgIpc) is 2.26. The molecule has 0 unspecified atom stereocenters. The summed E-state index contributed by atoms with van der Waals surface area (Å²) in [5.41, 5.74) is -5.53. The molecule has 120 valence electrons. The van der Waals surface area contributed by atoms with Gasteiger partial charge in [0.2, 0.25) is 0 Å². The molecule has 0 bridgehead atoms. The van der Waals surface area contributed by atoms with Gasteiger partial charge < -0.3 is 14.8 Å². The predicted molar refractivity (Wildman–Crippen MR) is 65.7 cm³/mol. The summed E-state index contributed by atoms with van der Waals surface area (Å²) in [5.74, 6) is 0.620. The van der Waals surface area contributed by atoms with E-state index in [-0.39, 0.29) is 0 Å². The summed E-state index contributed by atoms with van der Waals surface area (Å²) in [6.07, 6.45) is 1.29. The van der Waals surface area contributed by atoms with Crippen LogP contribution in [0.2, 0.25) is 0 Å². The van der Waals surface area contributed by atoms with E-state index >= 15 is 0 Å². The largest absolute Gasteiger partial charge is 0.522 e. The fraction of sp³-hybridized carbons (Fsp3) is 0.750. The van der Waals surface area contributed by atoms with Crippen molar-refractivity contribution in [1.29, 1.82) is 0 Å². The fourth-order valence-electron chi connectivity index (χ4n) is 0.601. The number of hydrogen-bond donors (Lipinski definition) is 2. The van der Waals surface area contributed by atoms with Gasteiger partial charge in [0.15, 0.2) is 0 Å². The summed E-state index contributed by atoms with van der Waals surface area (Å²) in [4.78, 5) is 5.87. The topological polar surface area (TPSA) is 112 Å². The Labute approximate surface area is 114 Å². The van der Waals surface area contributed by atoms with Crippen LogP contribution < -0.4 is 0 Å².